The van der Waals surface area contributed by atoms with Gasteiger partial charge in [0.05, 0.1) is 11.7 Å². The standard InChI is InChI=1S/C15H21NO/c1-9-4-5-13-12(7-9)16-15-11(3)6-10(2)8-14(15)17-13/h4-5,7,10-11,14-16H,6,8H2,1-3H3. The van der Waals surface area contributed by atoms with Gasteiger partial charge in [0.2, 0.25) is 0 Å². The Bertz CT molecular complexity index is 429. The Balaban J connectivity index is 1.91. The van der Waals surface area contributed by atoms with Gasteiger partial charge in [0.25, 0.3) is 0 Å². The van der Waals surface area contributed by atoms with Crippen LogP contribution in [0.3, 0.4) is 0 Å². The number of anilines is 1. The molecule has 1 saturated carbocycles. The van der Waals surface area contributed by atoms with Crippen LogP contribution in [0.4, 0.5) is 5.69 Å². The average Bonchev–Trinajstić information content (AvgIpc) is 2.27. The van der Waals surface area contributed by atoms with Gasteiger partial charge in [-0.1, -0.05) is 19.9 Å². The lowest BCUT2D eigenvalue weighted by Gasteiger charge is -2.43. The van der Waals surface area contributed by atoms with Gasteiger partial charge in [-0.05, 0) is 49.3 Å². The third-order valence-electron chi connectivity index (χ3n) is 4.16. The summed E-state index contributed by atoms with van der Waals surface area (Å²) in [5.41, 5.74) is 2.46. The van der Waals surface area contributed by atoms with Crippen molar-refractivity contribution < 1.29 is 4.74 Å². The molecule has 17 heavy (non-hydrogen) atoms. The fraction of sp³-hybridized carbons (Fsp3) is 0.600. The van der Waals surface area contributed by atoms with Crippen LogP contribution < -0.4 is 10.1 Å². The van der Waals surface area contributed by atoms with Crippen LogP contribution in [0, 0.1) is 18.8 Å². The highest BCUT2D eigenvalue weighted by Gasteiger charge is 2.38. The van der Waals surface area contributed by atoms with Gasteiger partial charge in [-0.15, -0.1) is 0 Å². The Kier molecular flexibility index (Phi) is 2.53. The predicted octanol–water partition coefficient (Wildman–Crippen LogP) is 3.60. The first-order chi connectivity index (χ1) is 8.13. The second kappa shape index (κ2) is 3.94. The summed E-state index contributed by atoms with van der Waals surface area (Å²) >= 11 is 0. The topological polar surface area (TPSA) is 21.3 Å². The SMILES string of the molecule is Cc1ccc2c(c1)NC1C(C)CC(C)CC1O2. The lowest BCUT2D eigenvalue weighted by molar-refractivity contribution is 0.0776. The highest BCUT2D eigenvalue weighted by molar-refractivity contribution is 5.60. The van der Waals surface area contributed by atoms with Gasteiger partial charge >= 0.3 is 0 Å². The van der Waals surface area contributed by atoms with Crippen LogP contribution in [0.25, 0.3) is 0 Å². The molecule has 1 heterocycles. The molecule has 4 unspecified atom stereocenters. The Morgan fingerprint density at radius 2 is 2.06 bits per heavy atom. The number of aryl methyl sites for hydroxylation is 1. The fourth-order valence-electron chi connectivity index (χ4n) is 3.35. The van der Waals surface area contributed by atoms with Gasteiger partial charge < -0.3 is 10.1 Å². The summed E-state index contributed by atoms with van der Waals surface area (Å²) in [7, 11) is 0. The zero-order valence-electron chi connectivity index (χ0n) is 10.9. The molecule has 2 heteroatoms. The van der Waals surface area contributed by atoms with Gasteiger partial charge in [0.1, 0.15) is 11.9 Å². The molecule has 1 fully saturated rings. The monoisotopic (exact) mass is 231 g/mol. The molecular weight excluding hydrogens is 210 g/mol. The Morgan fingerprint density at radius 3 is 2.88 bits per heavy atom. The second-order valence-electron chi connectivity index (χ2n) is 5.88. The molecule has 4 atom stereocenters. The minimum absolute atomic E-state index is 0.351. The van der Waals surface area contributed by atoms with E-state index in [1.807, 2.05) is 0 Å². The molecule has 2 aliphatic rings. The van der Waals surface area contributed by atoms with Crippen molar-refractivity contribution in [2.24, 2.45) is 11.8 Å². The summed E-state index contributed by atoms with van der Waals surface area (Å²) in [6.45, 7) is 6.80. The number of fused-ring (bicyclic) bond motifs is 2. The molecule has 0 saturated heterocycles. The van der Waals surface area contributed by atoms with Gasteiger partial charge in [-0.25, -0.2) is 0 Å². The quantitative estimate of drug-likeness (QED) is 0.736. The molecule has 1 N–H and O–H groups in total. The molecule has 1 aromatic carbocycles. The van der Waals surface area contributed by atoms with E-state index in [1.54, 1.807) is 0 Å². The van der Waals surface area contributed by atoms with E-state index in [1.165, 1.54) is 24.1 Å². The Hall–Kier alpha value is -1.18. The summed E-state index contributed by atoms with van der Waals surface area (Å²) in [6, 6.07) is 6.89. The zero-order valence-corrected chi connectivity index (χ0v) is 10.9. The number of ether oxygens (including phenoxy) is 1. The van der Waals surface area contributed by atoms with Crippen LogP contribution >= 0.6 is 0 Å². The van der Waals surface area contributed by atoms with Gasteiger partial charge in [-0.3, -0.25) is 0 Å². The maximum atomic E-state index is 6.17. The number of hydrogen-bond donors (Lipinski definition) is 1. The van der Waals surface area contributed by atoms with E-state index in [9.17, 15) is 0 Å². The summed E-state index contributed by atoms with van der Waals surface area (Å²) < 4.78 is 6.17. The molecule has 3 rings (SSSR count). The Labute approximate surface area is 103 Å². The van der Waals surface area contributed by atoms with Gasteiger partial charge in [0, 0.05) is 0 Å². The van der Waals surface area contributed by atoms with Crippen molar-refractivity contribution in [3.8, 4) is 5.75 Å². The third-order valence-corrected chi connectivity index (χ3v) is 4.16. The third kappa shape index (κ3) is 1.90. The maximum Gasteiger partial charge on any atom is 0.142 e. The fourth-order valence-corrected chi connectivity index (χ4v) is 3.35. The zero-order chi connectivity index (χ0) is 12.0. The van der Waals surface area contributed by atoms with Crippen molar-refractivity contribution >= 4 is 5.69 Å². The molecule has 0 radical (unpaired) electrons. The first-order valence-corrected chi connectivity index (χ1v) is 6.67. The van der Waals surface area contributed by atoms with Crippen molar-refractivity contribution in [2.75, 3.05) is 5.32 Å². The molecule has 0 amide bonds. The number of benzene rings is 1. The van der Waals surface area contributed by atoms with Crippen LogP contribution in [0.5, 0.6) is 5.75 Å². The van der Waals surface area contributed by atoms with Crippen LogP contribution in [-0.4, -0.2) is 12.1 Å². The predicted molar refractivity (Wildman–Crippen MR) is 70.6 cm³/mol. The summed E-state index contributed by atoms with van der Waals surface area (Å²) in [5, 5.41) is 3.69. The first-order valence-electron chi connectivity index (χ1n) is 6.67. The van der Waals surface area contributed by atoms with E-state index in [4.69, 9.17) is 4.74 Å². The number of nitrogens with one attached hydrogen (secondary N) is 1. The van der Waals surface area contributed by atoms with Crippen molar-refractivity contribution in [3.05, 3.63) is 23.8 Å². The molecule has 0 spiro atoms. The van der Waals surface area contributed by atoms with Crippen molar-refractivity contribution in [1.82, 2.24) is 0 Å². The van der Waals surface area contributed by atoms with Gasteiger partial charge in [-0.2, -0.15) is 0 Å². The molecule has 2 nitrogen and oxygen atoms in total. The van der Waals surface area contributed by atoms with E-state index < -0.39 is 0 Å². The highest BCUT2D eigenvalue weighted by Crippen LogP contribution is 2.40. The van der Waals surface area contributed by atoms with Crippen molar-refractivity contribution in [1.29, 1.82) is 0 Å². The molecule has 92 valence electrons. The van der Waals surface area contributed by atoms with Crippen LogP contribution in [0.15, 0.2) is 18.2 Å². The van der Waals surface area contributed by atoms with E-state index in [0.717, 1.165) is 11.7 Å². The molecule has 1 aromatic rings. The smallest absolute Gasteiger partial charge is 0.142 e. The number of rotatable bonds is 0. The molecule has 0 aromatic heterocycles. The first kappa shape index (κ1) is 10.9. The molecule has 1 aliphatic carbocycles. The minimum atomic E-state index is 0.351. The normalized spacial score (nSPS) is 35.2. The minimum Gasteiger partial charge on any atom is -0.486 e. The van der Waals surface area contributed by atoms with Crippen LogP contribution in [0.1, 0.15) is 32.3 Å². The van der Waals surface area contributed by atoms with Crippen LogP contribution in [-0.2, 0) is 0 Å². The lowest BCUT2D eigenvalue weighted by atomic mass is 9.77. The van der Waals surface area contributed by atoms with Crippen LogP contribution in [0.2, 0.25) is 0 Å². The Morgan fingerprint density at radius 1 is 1.24 bits per heavy atom. The molecule has 0 bridgehead atoms. The maximum absolute atomic E-state index is 6.17. The molecular formula is C15H21NO. The number of hydrogen-bond acceptors (Lipinski definition) is 2. The second-order valence-corrected chi connectivity index (χ2v) is 5.88. The van der Waals surface area contributed by atoms with E-state index in [0.29, 0.717) is 18.1 Å². The van der Waals surface area contributed by atoms with E-state index in [2.05, 4.69) is 44.3 Å². The van der Waals surface area contributed by atoms with E-state index >= 15 is 0 Å². The summed E-state index contributed by atoms with van der Waals surface area (Å²) in [5.74, 6) is 2.50. The largest absolute Gasteiger partial charge is 0.486 e. The molecule has 1 aliphatic heterocycles. The average molecular weight is 231 g/mol. The highest BCUT2D eigenvalue weighted by atomic mass is 16.5. The summed E-state index contributed by atoms with van der Waals surface area (Å²) in [6.07, 6.45) is 2.83. The van der Waals surface area contributed by atoms with E-state index in [-0.39, 0.29) is 0 Å². The van der Waals surface area contributed by atoms with Crippen molar-refractivity contribution in [2.45, 2.75) is 45.8 Å². The van der Waals surface area contributed by atoms with Crippen molar-refractivity contribution in [3.63, 3.8) is 0 Å². The van der Waals surface area contributed by atoms with Gasteiger partial charge in [0.15, 0.2) is 0 Å². The summed E-state index contributed by atoms with van der Waals surface area (Å²) in [4.78, 5) is 0. The lowest BCUT2D eigenvalue weighted by Crippen LogP contribution is -2.49.